The zero-order valence-corrected chi connectivity index (χ0v) is 15.1. The van der Waals surface area contributed by atoms with Gasteiger partial charge in [-0.2, -0.15) is 0 Å². The number of esters is 1. The molecule has 0 fully saturated rings. The Morgan fingerprint density at radius 1 is 1.04 bits per heavy atom. The van der Waals surface area contributed by atoms with Crippen LogP contribution in [-0.2, 0) is 34.1 Å². The number of benzene rings is 2. The summed E-state index contributed by atoms with van der Waals surface area (Å²) in [7, 11) is 1.82. The fraction of sp³-hybridized carbons (Fsp3) is 0.300. The summed E-state index contributed by atoms with van der Waals surface area (Å²) in [6.45, 7) is 3.12. The molecule has 0 aromatic heterocycles. The van der Waals surface area contributed by atoms with Gasteiger partial charge in [-0.15, -0.1) is 0 Å². The van der Waals surface area contributed by atoms with Crippen LogP contribution in [0.2, 0.25) is 0 Å². The van der Waals surface area contributed by atoms with Crippen molar-refractivity contribution in [2.24, 2.45) is 4.99 Å². The molecule has 2 aromatic rings. The van der Waals surface area contributed by atoms with Crippen molar-refractivity contribution < 1.29 is 19.7 Å². The molecular weight excluding hydrogens is 332 g/mol. The maximum Gasteiger partial charge on any atom is 0.373 e. The van der Waals surface area contributed by atoms with Crippen molar-refractivity contribution in [1.82, 2.24) is 4.90 Å². The van der Waals surface area contributed by atoms with Gasteiger partial charge in [0.25, 0.3) is 0 Å². The lowest BCUT2D eigenvalue weighted by molar-refractivity contribution is -0.253. The minimum atomic E-state index is -0.434. The molecule has 0 aliphatic heterocycles. The third-order valence-electron chi connectivity index (χ3n) is 3.75. The average molecular weight is 356 g/mol. The van der Waals surface area contributed by atoms with Gasteiger partial charge < -0.3 is 9.64 Å². The molecule has 0 unspecified atom stereocenters. The number of likely N-dealkylation sites (N-methyl/N-ethyl adjacent to an activating group) is 1. The highest BCUT2D eigenvalue weighted by Crippen LogP contribution is 2.09. The van der Waals surface area contributed by atoms with E-state index in [1.54, 1.807) is 11.8 Å². The molecule has 0 amide bonds. The Bertz CT molecular complexity index is 714. The first-order chi connectivity index (χ1) is 12.6. The second-order valence-electron chi connectivity index (χ2n) is 5.79. The van der Waals surface area contributed by atoms with Gasteiger partial charge in [0.1, 0.15) is 6.61 Å². The first kappa shape index (κ1) is 19.6. The Balaban J connectivity index is 2.12. The minimum Gasteiger partial charge on any atom is -0.460 e. The molecule has 26 heavy (non-hydrogen) atoms. The van der Waals surface area contributed by atoms with Crippen LogP contribution in [0, 0.1) is 0 Å². The first-order valence-corrected chi connectivity index (χ1v) is 8.44. The third-order valence-corrected chi connectivity index (χ3v) is 3.75. The van der Waals surface area contributed by atoms with Gasteiger partial charge in [-0.3, -0.25) is 10.2 Å². The highest BCUT2D eigenvalue weighted by Gasteiger charge is 2.17. The van der Waals surface area contributed by atoms with Gasteiger partial charge in [0, 0.05) is 13.6 Å². The van der Waals surface area contributed by atoms with Crippen molar-refractivity contribution in [3.8, 4) is 0 Å². The lowest BCUT2D eigenvalue weighted by Crippen LogP contribution is -2.34. The number of hydrogen-bond acceptors (Lipinski definition) is 5. The lowest BCUT2D eigenvalue weighted by Gasteiger charge is -2.20. The van der Waals surface area contributed by atoms with Gasteiger partial charge in [-0.25, -0.2) is 9.68 Å². The smallest absolute Gasteiger partial charge is 0.373 e. The molecule has 0 heterocycles. The molecule has 0 saturated heterocycles. The van der Waals surface area contributed by atoms with E-state index in [4.69, 9.17) is 9.99 Å². The fourth-order valence-electron chi connectivity index (χ4n) is 2.45. The van der Waals surface area contributed by atoms with Gasteiger partial charge in [0.2, 0.25) is 5.84 Å². The highest BCUT2D eigenvalue weighted by molar-refractivity contribution is 6.35. The Morgan fingerprint density at radius 3 is 2.31 bits per heavy atom. The van der Waals surface area contributed by atoms with Gasteiger partial charge in [0.15, 0.2) is 0 Å². The van der Waals surface area contributed by atoms with Crippen molar-refractivity contribution in [2.45, 2.75) is 26.6 Å². The summed E-state index contributed by atoms with van der Waals surface area (Å²) in [4.78, 5) is 22.7. The number of ether oxygens (including phenoxy) is 1. The maximum absolute atomic E-state index is 12.3. The molecule has 138 valence electrons. The average Bonchev–Trinajstić information content (AvgIpc) is 2.64. The number of rotatable bonds is 7. The Kier molecular flexibility index (Phi) is 7.79. The van der Waals surface area contributed by atoms with E-state index in [9.17, 15) is 4.79 Å². The molecule has 0 aliphatic rings. The monoisotopic (exact) mass is 356 g/mol. The van der Waals surface area contributed by atoms with Gasteiger partial charge in [-0.05, 0) is 23.6 Å². The van der Waals surface area contributed by atoms with Crippen LogP contribution < -0.4 is 0 Å². The largest absolute Gasteiger partial charge is 0.460 e. The molecule has 0 atom stereocenters. The maximum atomic E-state index is 12.3. The predicted octanol–water partition coefficient (Wildman–Crippen LogP) is 3.27. The van der Waals surface area contributed by atoms with E-state index in [1.165, 1.54) is 0 Å². The fourth-order valence-corrected chi connectivity index (χ4v) is 2.45. The van der Waals surface area contributed by atoms with Crippen LogP contribution in [-0.4, -0.2) is 35.6 Å². The number of nitrogens with zero attached hydrogens (tertiary/aromatic N) is 2. The van der Waals surface area contributed by atoms with Crippen LogP contribution in [0.4, 0.5) is 0 Å². The number of carbonyl (C=O) groups excluding carboxylic acids is 1. The minimum absolute atomic E-state index is 0.136. The molecule has 1 N–H and O–H groups in total. The van der Waals surface area contributed by atoms with Gasteiger partial charge >= 0.3 is 5.97 Å². The summed E-state index contributed by atoms with van der Waals surface area (Å²) in [6, 6.07) is 17.3. The predicted molar refractivity (Wildman–Crippen MR) is 99.5 cm³/mol. The Morgan fingerprint density at radius 2 is 1.69 bits per heavy atom. The summed E-state index contributed by atoms with van der Waals surface area (Å²) in [5, 5.41) is 8.48. The van der Waals surface area contributed by atoms with Crippen molar-refractivity contribution in [3.05, 3.63) is 71.3 Å². The van der Waals surface area contributed by atoms with Crippen LogP contribution in [0.5, 0.6) is 0 Å². The zero-order valence-electron chi connectivity index (χ0n) is 15.1. The second-order valence-corrected chi connectivity index (χ2v) is 5.79. The molecule has 0 saturated carbocycles. The molecule has 0 radical (unpaired) electrons. The number of aliphatic imine (C=N–C) groups is 1. The van der Waals surface area contributed by atoms with Gasteiger partial charge in [-0.1, -0.05) is 54.6 Å². The van der Waals surface area contributed by atoms with Gasteiger partial charge in [0.05, 0.1) is 13.2 Å². The van der Waals surface area contributed by atoms with Crippen LogP contribution in [0.3, 0.4) is 0 Å². The van der Waals surface area contributed by atoms with E-state index in [0.717, 1.165) is 16.7 Å². The summed E-state index contributed by atoms with van der Waals surface area (Å²) in [5.41, 5.74) is 2.88. The molecule has 2 rings (SSSR count). The van der Waals surface area contributed by atoms with Crippen LogP contribution >= 0.6 is 0 Å². The summed E-state index contributed by atoms with van der Waals surface area (Å²) < 4.78 is 5.15. The lowest BCUT2D eigenvalue weighted by atomic mass is 10.1. The standard InChI is InChI=1S/C20H24N2O4/c1-3-25-20(23)19(22(2)14-17-7-5-4-6-8-17)21-13-16-9-11-18(12-10-16)15-26-24/h4-12,24H,3,13-15H2,1-2H3. The van der Waals surface area contributed by atoms with E-state index in [2.05, 4.69) is 9.88 Å². The number of carbonyl (C=O) groups is 1. The van der Waals surface area contributed by atoms with E-state index in [0.29, 0.717) is 25.5 Å². The number of hydrogen-bond donors (Lipinski definition) is 1. The normalized spacial score (nSPS) is 11.3. The van der Waals surface area contributed by atoms with Crippen molar-refractivity contribution in [2.75, 3.05) is 13.7 Å². The number of amidine groups is 1. The van der Waals surface area contributed by atoms with E-state index >= 15 is 0 Å². The molecule has 6 heteroatoms. The van der Waals surface area contributed by atoms with E-state index in [-0.39, 0.29) is 6.61 Å². The summed E-state index contributed by atoms with van der Waals surface area (Å²) >= 11 is 0. The van der Waals surface area contributed by atoms with E-state index < -0.39 is 5.97 Å². The highest BCUT2D eigenvalue weighted by atomic mass is 17.1. The molecule has 0 bridgehead atoms. The third kappa shape index (κ3) is 5.98. The molecule has 0 spiro atoms. The first-order valence-electron chi connectivity index (χ1n) is 8.44. The topological polar surface area (TPSA) is 71.4 Å². The van der Waals surface area contributed by atoms with Crippen molar-refractivity contribution in [1.29, 1.82) is 0 Å². The SMILES string of the molecule is CCOC(=O)C(=NCc1ccc(COO)cc1)N(C)Cc1ccccc1. The van der Waals surface area contributed by atoms with Crippen molar-refractivity contribution in [3.63, 3.8) is 0 Å². The van der Waals surface area contributed by atoms with Crippen LogP contribution in [0.15, 0.2) is 59.6 Å². The van der Waals surface area contributed by atoms with Crippen LogP contribution in [0.25, 0.3) is 0 Å². The van der Waals surface area contributed by atoms with Crippen molar-refractivity contribution >= 4 is 11.8 Å². The molecular formula is C20H24N2O4. The molecule has 6 nitrogen and oxygen atoms in total. The Labute approximate surface area is 153 Å². The summed E-state index contributed by atoms with van der Waals surface area (Å²) in [5.74, 6) is -0.144. The van der Waals surface area contributed by atoms with Crippen LogP contribution in [0.1, 0.15) is 23.6 Å². The quantitative estimate of drug-likeness (QED) is 0.271. The second kappa shape index (κ2) is 10.3. The zero-order chi connectivity index (χ0) is 18.8. The molecule has 2 aromatic carbocycles. The Hall–Kier alpha value is -2.70. The molecule has 0 aliphatic carbocycles. The van der Waals surface area contributed by atoms with E-state index in [1.807, 2.05) is 61.6 Å². The summed E-state index contributed by atoms with van der Waals surface area (Å²) in [6.07, 6.45) is 0.